The Morgan fingerprint density at radius 2 is 2.50 bits per heavy atom. The monoisotopic (exact) mass is 239 g/mol. The number of nitrogens with one attached hydrogen (secondary N) is 1. The molecular weight excluding hydrogens is 218 g/mol. The summed E-state index contributed by atoms with van der Waals surface area (Å²) in [6, 6.07) is 0.718. The molecule has 0 radical (unpaired) electrons. The number of piperidine rings is 1. The van der Waals surface area contributed by atoms with Gasteiger partial charge in [-0.15, -0.1) is 11.3 Å². The predicted octanol–water partition coefficient (Wildman–Crippen LogP) is 2.11. The van der Waals surface area contributed by atoms with Gasteiger partial charge in [0.15, 0.2) is 0 Å². The highest BCUT2D eigenvalue weighted by molar-refractivity contribution is 7.09. The molecule has 0 amide bonds. The molecule has 0 aromatic carbocycles. The van der Waals surface area contributed by atoms with Crippen LogP contribution in [0.1, 0.15) is 31.1 Å². The van der Waals surface area contributed by atoms with Gasteiger partial charge >= 0.3 is 0 Å². The summed E-state index contributed by atoms with van der Waals surface area (Å²) in [5.41, 5.74) is 1.93. The van der Waals surface area contributed by atoms with Gasteiger partial charge in [0.1, 0.15) is 0 Å². The summed E-state index contributed by atoms with van der Waals surface area (Å²) < 4.78 is 0. The van der Waals surface area contributed by atoms with Crippen LogP contribution in [0.25, 0.3) is 0 Å². The number of hydrogen-bond acceptors (Lipinski definition) is 4. The third-order valence-corrected chi connectivity index (χ3v) is 3.99. The first-order chi connectivity index (χ1) is 7.90. The summed E-state index contributed by atoms with van der Waals surface area (Å²) in [6.45, 7) is 6.71. The summed E-state index contributed by atoms with van der Waals surface area (Å²) in [5.74, 6) is 0. The highest BCUT2D eigenvalue weighted by Crippen LogP contribution is 2.20. The normalized spacial score (nSPS) is 22.4. The molecule has 1 aromatic rings. The lowest BCUT2D eigenvalue weighted by molar-refractivity contribution is 0.139. The first-order valence-electron chi connectivity index (χ1n) is 6.22. The molecule has 1 unspecified atom stereocenters. The van der Waals surface area contributed by atoms with Crippen LogP contribution in [0.15, 0.2) is 11.7 Å². The van der Waals surface area contributed by atoms with E-state index in [0.717, 1.165) is 25.7 Å². The Morgan fingerprint density at radius 1 is 1.56 bits per heavy atom. The minimum atomic E-state index is 0.718. The molecule has 90 valence electrons. The van der Waals surface area contributed by atoms with E-state index in [1.807, 2.05) is 11.7 Å². The van der Waals surface area contributed by atoms with Crippen molar-refractivity contribution in [2.75, 3.05) is 19.6 Å². The fourth-order valence-corrected chi connectivity index (χ4v) is 2.95. The van der Waals surface area contributed by atoms with Gasteiger partial charge in [0.25, 0.3) is 0 Å². The van der Waals surface area contributed by atoms with Crippen LogP contribution in [-0.2, 0) is 6.54 Å². The second-order valence-corrected chi connectivity index (χ2v) is 5.37. The first kappa shape index (κ1) is 12.0. The van der Waals surface area contributed by atoms with Crippen molar-refractivity contribution in [3.05, 3.63) is 16.6 Å². The number of likely N-dealkylation sites (N-methyl/N-ethyl adjacent to an activating group) is 1. The summed E-state index contributed by atoms with van der Waals surface area (Å²) in [5, 5.41) is 3.47. The molecule has 4 heteroatoms. The van der Waals surface area contributed by atoms with Crippen LogP contribution in [-0.4, -0.2) is 35.6 Å². The number of thiazole rings is 1. The zero-order valence-electron chi connectivity index (χ0n) is 9.98. The summed E-state index contributed by atoms with van der Waals surface area (Å²) in [7, 11) is 0. The van der Waals surface area contributed by atoms with E-state index in [1.165, 1.54) is 30.7 Å². The Kier molecular flexibility index (Phi) is 4.75. The molecule has 0 bridgehead atoms. The van der Waals surface area contributed by atoms with Crippen LogP contribution in [0.2, 0.25) is 0 Å². The van der Waals surface area contributed by atoms with E-state index in [4.69, 9.17) is 0 Å². The molecule has 0 spiro atoms. The second-order valence-electron chi connectivity index (χ2n) is 4.40. The topological polar surface area (TPSA) is 28.2 Å². The molecule has 1 aliphatic heterocycles. The summed E-state index contributed by atoms with van der Waals surface area (Å²) >= 11 is 1.77. The molecule has 2 heterocycles. The van der Waals surface area contributed by atoms with E-state index in [1.54, 1.807) is 11.3 Å². The molecular formula is C12H21N3S. The Balaban J connectivity index is 1.88. The Labute approximate surface area is 102 Å². The molecule has 1 atom stereocenters. The SMILES string of the molecule is CCNCC1CCCCN1Cc1cncs1. The van der Waals surface area contributed by atoms with Crippen LogP contribution in [0.3, 0.4) is 0 Å². The van der Waals surface area contributed by atoms with Crippen molar-refractivity contribution in [1.82, 2.24) is 15.2 Å². The van der Waals surface area contributed by atoms with Gasteiger partial charge in [-0.25, -0.2) is 0 Å². The summed E-state index contributed by atoms with van der Waals surface area (Å²) in [6.07, 6.45) is 6.08. The van der Waals surface area contributed by atoms with Gasteiger partial charge in [-0.2, -0.15) is 0 Å². The molecule has 0 saturated carbocycles. The van der Waals surface area contributed by atoms with Gasteiger partial charge in [0.05, 0.1) is 5.51 Å². The van der Waals surface area contributed by atoms with E-state index < -0.39 is 0 Å². The minimum Gasteiger partial charge on any atom is -0.315 e. The molecule has 1 aromatic heterocycles. The van der Waals surface area contributed by atoms with Crippen molar-refractivity contribution in [1.29, 1.82) is 0 Å². The lowest BCUT2D eigenvalue weighted by Crippen LogP contribution is -2.44. The molecule has 16 heavy (non-hydrogen) atoms. The first-order valence-corrected chi connectivity index (χ1v) is 7.10. The maximum absolute atomic E-state index is 4.15. The zero-order valence-corrected chi connectivity index (χ0v) is 10.8. The fourth-order valence-electron chi connectivity index (χ4n) is 2.33. The van der Waals surface area contributed by atoms with Gasteiger partial charge in [0.2, 0.25) is 0 Å². The van der Waals surface area contributed by atoms with Crippen molar-refractivity contribution in [3.8, 4) is 0 Å². The molecule has 0 aliphatic carbocycles. The average Bonchev–Trinajstić information content (AvgIpc) is 2.81. The van der Waals surface area contributed by atoms with Crippen molar-refractivity contribution in [3.63, 3.8) is 0 Å². The fraction of sp³-hybridized carbons (Fsp3) is 0.750. The number of hydrogen-bond donors (Lipinski definition) is 1. The quantitative estimate of drug-likeness (QED) is 0.853. The number of likely N-dealkylation sites (tertiary alicyclic amines) is 1. The van der Waals surface area contributed by atoms with Crippen LogP contribution in [0.5, 0.6) is 0 Å². The van der Waals surface area contributed by atoms with Gasteiger partial charge in [-0.3, -0.25) is 9.88 Å². The average molecular weight is 239 g/mol. The molecule has 3 nitrogen and oxygen atoms in total. The van der Waals surface area contributed by atoms with Crippen LogP contribution in [0, 0.1) is 0 Å². The molecule has 1 N–H and O–H groups in total. The number of rotatable bonds is 5. The Bertz CT molecular complexity index is 286. The lowest BCUT2D eigenvalue weighted by atomic mass is 10.0. The van der Waals surface area contributed by atoms with Crippen LogP contribution in [0.4, 0.5) is 0 Å². The van der Waals surface area contributed by atoms with Crippen molar-refractivity contribution in [2.45, 2.75) is 38.8 Å². The second kappa shape index (κ2) is 6.33. The van der Waals surface area contributed by atoms with Crippen molar-refractivity contribution >= 4 is 11.3 Å². The third kappa shape index (κ3) is 3.27. The highest BCUT2D eigenvalue weighted by atomic mass is 32.1. The van der Waals surface area contributed by atoms with E-state index in [0.29, 0.717) is 0 Å². The van der Waals surface area contributed by atoms with Gasteiger partial charge < -0.3 is 5.32 Å². The highest BCUT2D eigenvalue weighted by Gasteiger charge is 2.22. The Morgan fingerprint density at radius 3 is 3.25 bits per heavy atom. The maximum atomic E-state index is 4.15. The van der Waals surface area contributed by atoms with E-state index in [2.05, 4.69) is 22.1 Å². The van der Waals surface area contributed by atoms with Gasteiger partial charge in [0, 0.05) is 30.2 Å². The van der Waals surface area contributed by atoms with Crippen molar-refractivity contribution < 1.29 is 0 Å². The van der Waals surface area contributed by atoms with E-state index in [-0.39, 0.29) is 0 Å². The third-order valence-electron chi connectivity index (χ3n) is 3.22. The molecule has 2 rings (SSSR count). The standard InChI is InChI=1S/C12H21N3S/c1-2-13-7-11-5-3-4-6-15(11)9-12-8-14-10-16-12/h8,10-11,13H,2-7,9H2,1H3. The number of nitrogens with zero attached hydrogens (tertiary/aromatic N) is 2. The smallest absolute Gasteiger partial charge is 0.0794 e. The molecule has 1 saturated heterocycles. The predicted molar refractivity (Wildman–Crippen MR) is 68.7 cm³/mol. The molecule has 1 fully saturated rings. The minimum absolute atomic E-state index is 0.718. The Hall–Kier alpha value is -0.450. The largest absolute Gasteiger partial charge is 0.315 e. The molecule has 1 aliphatic rings. The lowest BCUT2D eigenvalue weighted by Gasteiger charge is -2.35. The van der Waals surface area contributed by atoms with E-state index >= 15 is 0 Å². The van der Waals surface area contributed by atoms with Gasteiger partial charge in [-0.1, -0.05) is 13.3 Å². The number of aromatic nitrogens is 1. The van der Waals surface area contributed by atoms with Gasteiger partial charge in [-0.05, 0) is 25.9 Å². The maximum Gasteiger partial charge on any atom is 0.0794 e. The zero-order chi connectivity index (χ0) is 11.2. The summed E-state index contributed by atoms with van der Waals surface area (Å²) in [4.78, 5) is 8.15. The van der Waals surface area contributed by atoms with Crippen LogP contribution >= 0.6 is 11.3 Å². The van der Waals surface area contributed by atoms with Crippen molar-refractivity contribution in [2.24, 2.45) is 0 Å². The van der Waals surface area contributed by atoms with Crippen LogP contribution < -0.4 is 5.32 Å². The van der Waals surface area contributed by atoms with E-state index in [9.17, 15) is 0 Å².